The Hall–Kier alpha value is -2.69. The maximum atomic E-state index is 13.4. The quantitative estimate of drug-likeness (QED) is 0.786. The molecule has 112 valence electrons. The zero-order valence-corrected chi connectivity index (χ0v) is 12.8. The monoisotopic (exact) mass is 296 g/mol. The van der Waals surface area contributed by atoms with Crippen molar-refractivity contribution in [1.29, 1.82) is 0 Å². The van der Waals surface area contributed by atoms with Gasteiger partial charge in [0.25, 0.3) is 0 Å². The number of aryl methyl sites for hydroxylation is 3. The number of halogens is 1. The lowest BCUT2D eigenvalue weighted by atomic mass is 10.1. The zero-order valence-electron chi connectivity index (χ0n) is 12.8. The highest BCUT2D eigenvalue weighted by molar-refractivity contribution is 5.71. The minimum absolute atomic E-state index is 0.246. The minimum atomic E-state index is -0.246. The summed E-state index contributed by atoms with van der Waals surface area (Å²) in [5.41, 5.74) is 11.2. The molecule has 0 saturated carbocycles. The largest absolute Gasteiger partial charge is 0.382 e. The van der Waals surface area contributed by atoms with Crippen LogP contribution in [0.4, 0.5) is 10.2 Å². The Morgan fingerprint density at radius 1 is 1.00 bits per heavy atom. The number of aromatic nitrogens is 3. The molecule has 0 unspecified atom stereocenters. The second kappa shape index (κ2) is 5.26. The first kappa shape index (κ1) is 14.3. The van der Waals surface area contributed by atoms with Crippen molar-refractivity contribution in [3.05, 3.63) is 58.9 Å². The summed E-state index contributed by atoms with van der Waals surface area (Å²) < 4.78 is 15.0. The van der Waals surface area contributed by atoms with E-state index in [1.54, 1.807) is 23.7 Å². The van der Waals surface area contributed by atoms with Crippen molar-refractivity contribution in [2.24, 2.45) is 0 Å². The molecular formula is C17H17FN4. The summed E-state index contributed by atoms with van der Waals surface area (Å²) in [5.74, 6) is 0.196. The molecule has 5 heteroatoms. The molecule has 0 aliphatic rings. The molecule has 0 saturated heterocycles. The van der Waals surface area contributed by atoms with Crippen LogP contribution in [0.15, 0.2) is 36.4 Å². The molecule has 3 rings (SSSR count). The maximum absolute atomic E-state index is 13.4. The van der Waals surface area contributed by atoms with Gasteiger partial charge in [-0.25, -0.2) is 4.39 Å². The smallest absolute Gasteiger partial charge is 0.155 e. The van der Waals surface area contributed by atoms with E-state index >= 15 is 0 Å². The van der Waals surface area contributed by atoms with E-state index < -0.39 is 0 Å². The van der Waals surface area contributed by atoms with Crippen molar-refractivity contribution < 1.29 is 4.39 Å². The number of hydrogen-bond acceptors (Lipinski definition) is 3. The van der Waals surface area contributed by atoms with Crippen LogP contribution in [0.25, 0.3) is 16.9 Å². The van der Waals surface area contributed by atoms with Gasteiger partial charge in [-0.1, -0.05) is 22.9 Å². The molecule has 0 spiro atoms. The van der Waals surface area contributed by atoms with Crippen molar-refractivity contribution >= 4 is 5.82 Å². The van der Waals surface area contributed by atoms with Gasteiger partial charge in [0.15, 0.2) is 5.82 Å². The third-order valence-corrected chi connectivity index (χ3v) is 3.72. The van der Waals surface area contributed by atoms with Crippen molar-refractivity contribution in [2.45, 2.75) is 20.8 Å². The topological polar surface area (TPSA) is 56.7 Å². The van der Waals surface area contributed by atoms with E-state index in [0.29, 0.717) is 17.1 Å². The summed E-state index contributed by atoms with van der Waals surface area (Å²) in [5, 5.41) is 8.32. The number of anilines is 1. The second-order valence-corrected chi connectivity index (χ2v) is 5.49. The Balaban J connectivity index is 2.10. The molecule has 1 heterocycles. The Morgan fingerprint density at radius 3 is 2.45 bits per heavy atom. The third-order valence-electron chi connectivity index (χ3n) is 3.72. The maximum Gasteiger partial charge on any atom is 0.155 e. The molecule has 0 amide bonds. The highest BCUT2D eigenvalue weighted by atomic mass is 19.1. The van der Waals surface area contributed by atoms with Gasteiger partial charge in [-0.2, -0.15) is 4.68 Å². The summed E-state index contributed by atoms with van der Waals surface area (Å²) in [6.45, 7) is 5.75. The molecular weight excluding hydrogens is 279 g/mol. The lowest BCUT2D eigenvalue weighted by Gasteiger charge is -2.08. The highest BCUT2D eigenvalue weighted by Gasteiger charge is 2.15. The molecule has 0 bridgehead atoms. The Labute approximate surface area is 128 Å². The summed E-state index contributed by atoms with van der Waals surface area (Å²) in [6, 6.07) is 10.8. The number of nitrogen functional groups attached to an aromatic ring is 1. The van der Waals surface area contributed by atoms with Gasteiger partial charge >= 0.3 is 0 Å². The van der Waals surface area contributed by atoms with Crippen LogP contribution in [0.1, 0.15) is 16.7 Å². The Bertz CT molecular complexity index is 852. The van der Waals surface area contributed by atoms with Crippen LogP contribution >= 0.6 is 0 Å². The molecule has 3 aromatic rings. The van der Waals surface area contributed by atoms with Crippen molar-refractivity contribution in [3.8, 4) is 16.9 Å². The van der Waals surface area contributed by atoms with Gasteiger partial charge in [-0.15, -0.1) is 5.10 Å². The van der Waals surface area contributed by atoms with Gasteiger partial charge in [-0.3, -0.25) is 0 Å². The minimum Gasteiger partial charge on any atom is -0.382 e. The third kappa shape index (κ3) is 2.35. The Kier molecular flexibility index (Phi) is 3.41. The van der Waals surface area contributed by atoms with Crippen LogP contribution in [0.2, 0.25) is 0 Å². The van der Waals surface area contributed by atoms with Crippen LogP contribution < -0.4 is 5.73 Å². The Morgan fingerprint density at radius 2 is 1.77 bits per heavy atom. The first-order valence-electron chi connectivity index (χ1n) is 7.02. The SMILES string of the molecule is Cc1ccc(-n2nnc(-c3ccc(F)c(C)c3)c2N)c(C)c1. The first-order chi connectivity index (χ1) is 10.5. The van der Waals surface area contributed by atoms with Crippen LogP contribution in [0.5, 0.6) is 0 Å². The molecule has 0 atom stereocenters. The summed E-state index contributed by atoms with van der Waals surface area (Å²) in [6.07, 6.45) is 0. The summed E-state index contributed by atoms with van der Waals surface area (Å²) in [7, 11) is 0. The molecule has 0 aliphatic heterocycles. The van der Waals surface area contributed by atoms with Gasteiger partial charge in [0.05, 0.1) is 5.69 Å². The van der Waals surface area contributed by atoms with Crippen molar-refractivity contribution in [2.75, 3.05) is 5.73 Å². The average molecular weight is 296 g/mol. The zero-order chi connectivity index (χ0) is 15.9. The van der Waals surface area contributed by atoms with E-state index in [9.17, 15) is 4.39 Å². The van der Waals surface area contributed by atoms with Gasteiger partial charge in [-0.05, 0) is 56.2 Å². The van der Waals surface area contributed by atoms with Crippen molar-refractivity contribution in [1.82, 2.24) is 15.0 Å². The van der Waals surface area contributed by atoms with Crippen LogP contribution in [-0.4, -0.2) is 15.0 Å². The standard InChI is InChI=1S/C17H17FN4/c1-10-4-7-15(12(3)8-10)22-17(19)16(20-21-22)13-5-6-14(18)11(2)9-13/h4-9H,19H2,1-3H3. The number of nitrogens with zero attached hydrogens (tertiary/aromatic N) is 3. The van der Waals surface area contributed by atoms with Crippen LogP contribution in [0.3, 0.4) is 0 Å². The van der Waals surface area contributed by atoms with Gasteiger partial charge in [0, 0.05) is 5.56 Å². The lowest BCUT2D eigenvalue weighted by Crippen LogP contribution is -2.04. The predicted molar refractivity (Wildman–Crippen MR) is 85.4 cm³/mol. The molecule has 0 radical (unpaired) electrons. The van der Waals surface area contributed by atoms with E-state index in [-0.39, 0.29) is 5.82 Å². The van der Waals surface area contributed by atoms with E-state index in [4.69, 9.17) is 5.73 Å². The molecule has 1 aromatic heterocycles. The van der Waals surface area contributed by atoms with E-state index in [1.165, 1.54) is 11.6 Å². The van der Waals surface area contributed by atoms with E-state index in [2.05, 4.69) is 16.4 Å². The molecule has 2 aromatic carbocycles. The normalized spacial score (nSPS) is 10.9. The number of nitrogens with two attached hydrogens (primary N) is 1. The number of benzene rings is 2. The fourth-order valence-electron chi connectivity index (χ4n) is 2.51. The summed E-state index contributed by atoms with van der Waals surface area (Å²) in [4.78, 5) is 0. The fourth-order valence-corrected chi connectivity index (χ4v) is 2.51. The number of hydrogen-bond donors (Lipinski definition) is 1. The van der Waals surface area contributed by atoms with Gasteiger partial charge in [0.2, 0.25) is 0 Å². The van der Waals surface area contributed by atoms with E-state index in [0.717, 1.165) is 16.8 Å². The van der Waals surface area contributed by atoms with Crippen LogP contribution in [0, 0.1) is 26.6 Å². The van der Waals surface area contributed by atoms with Crippen molar-refractivity contribution in [3.63, 3.8) is 0 Å². The molecule has 22 heavy (non-hydrogen) atoms. The lowest BCUT2D eigenvalue weighted by molar-refractivity contribution is 0.619. The van der Waals surface area contributed by atoms with Crippen LogP contribution in [-0.2, 0) is 0 Å². The average Bonchev–Trinajstić information content (AvgIpc) is 2.84. The molecule has 4 nitrogen and oxygen atoms in total. The first-order valence-corrected chi connectivity index (χ1v) is 7.02. The van der Waals surface area contributed by atoms with E-state index in [1.807, 2.05) is 26.0 Å². The molecule has 0 fully saturated rings. The van der Waals surface area contributed by atoms with Gasteiger partial charge < -0.3 is 5.73 Å². The number of rotatable bonds is 2. The fraction of sp³-hybridized carbons (Fsp3) is 0.176. The van der Waals surface area contributed by atoms with Gasteiger partial charge in [0.1, 0.15) is 11.5 Å². The summed E-state index contributed by atoms with van der Waals surface area (Å²) >= 11 is 0. The molecule has 2 N–H and O–H groups in total. The second-order valence-electron chi connectivity index (χ2n) is 5.49. The molecule has 0 aliphatic carbocycles. The predicted octanol–water partition coefficient (Wildman–Crippen LogP) is 3.58. The highest BCUT2D eigenvalue weighted by Crippen LogP contribution is 2.27.